The molecule has 6 heteroatoms. The van der Waals surface area contributed by atoms with E-state index in [1.807, 2.05) is 12.1 Å². The highest BCUT2D eigenvalue weighted by molar-refractivity contribution is 7.17. The zero-order valence-electron chi connectivity index (χ0n) is 15.9. The van der Waals surface area contributed by atoms with E-state index in [0.717, 1.165) is 53.2 Å². The fourth-order valence-electron chi connectivity index (χ4n) is 4.12. The lowest BCUT2D eigenvalue weighted by Crippen LogP contribution is -3.09. The van der Waals surface area contributed by atoms with E-state index in [2.05, 4.69) is 51.0 Å². The summed E-state index contributed by atoms with van der Waals surface area (Å²) in [5.74, 6) is 0.650. The van der Waals surface area contributed by atoms with E-state index in [4.69, 9.17) is 0 Å². The first-order valence-corrected chi connectivity index (χ1v) is 10.8. The SMILES string of the molecule is Fc1ccc(-c2csc3ncnc(N[C@@H]4CC[NH+](Cc5ccccc5)C4)c23)cc1. The molecule has 29 heavy (non-hydrogen) atoms. The lowest BCUT2D eigenvalue weighted by molar-refractivity contribution is -0.901. The number of likely N-dealkylation sites (tertiary alicyclic amines) is 1. The average Bonchev–Trinajstić information content (AvgIpc) is 3.37. The van der Waals surface area contributed by atoms with E-state index in [1.54, 1.807) is 22.6 Å². The number of aromatic nitrogens is 2. The summed E-state index contributed by atoms with van der Waals surface area (Å²) in [7, 11) is 0. The van der Waals surface area contributed by atoms with Crippen LogP contribution >= 0.6 is 11.3 Å². The van der Waals surface area contributed by atoms with E-state index in [-0.39, 0.29) is 5.82 Å². The van der Waals surface area contributed by atoms with Crippen LogP contribution in [-0.4, -0.2) is 29.1 Å². The third kappa shape index (κ3) is 3.86. The van der Waals surface area contributed by atoms with Gasteiger partial charge in [0.05, 0.1) is 24.5 Å². The Hall–Kier alpha value is -2.83. The molecule has 1 fully saturated rings. The highest BCUT2D eigenvalue weighted by Gasteiger charge is 2.27. The van der Waals surface area contributed by atoms with Crippen molar-refractivity contribution in [2.75, 3.05) is 18.4 Å². The lowest BCUT2D eigenvalue weighted by Gasteiger charge is -2.15. The first-order valence-electron chi connectivity index (χ1n) is 9.88. The van der Waals surface area contributed by atoms with Crippen LogP contribution in [0.5, 0.6) is 0 Å². The summed E-state index contributed by atoms with van der Waals surface area (Å²) in [4.78, 5) is 11.5. The Morgan fingerprint density at radius 2 is 1.90 bits per heavy atom. The van der Waals surface area contributed by atoms with Gasteiger partial charge in [-0.1, -0.05) is 42.5 Å². The molecule has 1 unspecified atom stereocenters. The van der Waals surface area contributed by atoms with Crippen molar-refractivity contribution in [3.8, 4) is 11.1 Å². The van der Waals surface area contributed by atoms with Gasteiger partial charge in [-0.25, -0.2) is 14.4 Å². The maximum atomic E-state index is 13.3. The van der Waals surface area contributed by atoms with Crippen LogP contribution in [0.3, 0.4) is 0 Å². The van der Waals surface area contributed by atoms with Gasteiger partial charge < -0.3 is 10.2 Å². The molecule has 1 aliphatic rings. The summed E-state index contributed by atoms with van der Waals surface area (Å²) in [5.41, 5.74) is 3.42. The summed E-state index contributed by atoms with van der Waals surface area (Å²) < 4.78 is 13.3. The van der Waals surface area contributed by atoms with Crippen molar-refractivity contribution in [1.29, 1.82) is 0 Å². The monoisotopic (exact) mass is 405 g/mol. The highest BCUT2D eigenvalue weighted by Crippen LogP contribution is 2.36. The molecule has 0 bridgehead atoms. The first kappa shape index (κ1) is 18.2. The zero-order valence-corrected chi connectivity index (χ0v) is 16.8. The van der Waals surface area contributed by atoms with Gasteiger partial charge in [0, 0.05) is 22.9 Å². The second kappa shape index (κ2) is 7.89. The number of benzene rings is 2. The van der Waals surface area contributed by atoms with Crippen molar-refractivity contribution in [3.05, 3.63) is 77.7 Å². The van der Waals surface area contributed by atoms with Crippen LogP contribution in [0.15, 0.2) is 66.3 Å². The molecule has 0 radical (unpaired) electrons. The molecular formula is C23H22FN4S+. The van der Waals surface area contributed by atoms with Crippen molar-refractivity contribution < 1.29 is 9.29 Å². The van der Waals surface area contributed by atoms with Gasteiger partial charge in [0.2, 0.25) is 0 Å². The van der Waals surface area contributed by atoms with Gasteiger partial charge in [-0.15, -0.1) is 11.3 Å². The number of rotatable bonds is 5. The third-order valence-corrected chi connectivity index (χ3v) is 6.43. The fraction of sp³-hybridized carbons (Fsp3) is 0.217. The molecule has 1 saturated heterocycles. The Kier molecular flexibility index (Phi) is 4.96. The molecule has 0 spiro atoms. The first-order chi connectivity index (χ1) is 14.3. The standard InChI is InChI=1S/C23H21FN4S/c24-18-8-6-17(7-9-18)20-14-29-23-21(20)22(25-15-26-23)27-19-10-11-28(13-19)12-16-4-2-1-3-5-16/h1-9,14-15,19H,10-13H2,(H,25,26,27)/p+1/t19-/m1/s1. The molecule has 0 aliphatic carbocycles. The smallest absolute Gasteiger partial charge is 0.139 e. The predicted octanol–water partition coefficient (Wildman–Crippen LogP) is 3.77. The summed E-state index contributed by atoms with van der Waals surface area (Å²) in [5, 5.41) is 6.78. The van der Waals surface area contributed by atoms with E-state index < -0.39 is 0 Å². The molecule has 146 valence electrons. The Morgan fingerprint density at radius 3 is 2.72 bits per heavy atom. The Balaban J connectivity index is 1.37. The molecule has 0 amide bonds. The molecule has 4 nitrogen and oxygen atoms in total. The summed E-state index contributed by atoms with van der Waals surface area (Å²) in [6.07, 6.45) is 2.74. The van der Waals surface area contributed by atoms with E-state index in [1.165, 1.54) is 17.7 Å². The summed E-state index contributed by atoms with van der Waals surface area (Å²) in [6.45, 7) is 3.27. The van der Waals surface area contributed by atoms with Crippen molar-refractivity contribution in [2.24, 2.45) is 0 Å². The lowest BCUT2D eigenvalue weighted by atomic mass is 10.1. The van der Waals surface area contributed by atoms with Crippen LogP contribution in [0, 0.1) is 5.82 Å². The zero-order chi connectivity index (χ0) is 19.6. The molecule has 3 heterocycles. The average molecular weight is 406 g/mol. The number of hydrogen-bond donors (Lipinski definition) is 2. The molecular weight excluding hydrogens is 383 g/mol. The number of halogens is 1. The van der Waals surface area contributed by atoms with Gasteiger partial charge in [0.15, 0.2) is 0 Å². The van der Waals surface area contributed by atoms with E-state index in [0.29, 0.717) is 6.04 Å². The number of nitrogens with one attached hydrogen (secondary N) is 2. The van der Waals surface area contributed by atoms with Gasteiger partial charge in [-0.05, 0) is 17.7 Å². The molecule has 2 aromatic heterocycles. The minimum atomic E-state index is -0.227. The van der Waals surface area contributed by atoms with E-state index >= 15 is 0 Å². The summed E-state index contributed by atoms with van der Waals surface area (Å²) in [6, 6.07) is 17.7. The topological polar surface area (TPSA) is 42.2 Å². The molecule has 2 aromatic carbocycles. The number of thiophene rings is 1. The fourth-order valence-corrected chi connectivity index (χ4v) is 5.03. The van der Waals surface area contributed by atoms with E-state index in [9.17, 15) is 4.39 Å². The maximum Gasteiger partial charge on any atom is 0.139 e. The molecule has 2 atom stereocenters. The van der Waals surface area contributed by atoms with Gasteiger partial charge in [-0.2, -0.15) is 0 Å². The second-order valence-corrected chi connectivity index (χ2v) is 8.41. The van der Waals surface area contributed by atoms with Crippen LogP contribution in [0.4, 0.5) is 10.2 Å². The van der Waals surface area contributed by atoms with Crippen molar-refractivity contribution in [1.82, 2.24) is 9.97 Å². The largest absolute Gasteiger partial charge is 0.361 e. The molecule has 1 aliphatic heterocycles. The summed E-state index contributed by atoms with van der Waals surface area (Å²) >= 11 is 1.60. The normalized spacial score (nSPS) is 18.9. The number of nitrogens with zero attached hydrogens (tertiary/aromatic N) is 2. The number of hydrogen-bond acceptors (Lipinski definition) is 4. The molecule has 2 N–H and O–H groups in total. The van der Waals surface area contributed by atoms with Gasteiger partial charge >= 0.3 is 0 Å². The van der Waals surface area contributed by atoms with Crippen LogP contribution < -0.4 is 10.2 Å². The van der Waals surface area contributed by atoms with Crippen molar-refractivity contribution >= 4 is 27.4 Å². The number of anilines is 1. The Bertz CT molecular complexity index is 1110. The minimum Gasteiger partial charge on any atom is -0.361 e. The van der Waals surface area contributed by atoms with Crippen LogP contribution in [0.2, 0.25) is 0 Å². The second-order valence-electron chi connectivity index (χ2n) is 7.56. The minimum absolute atomic E-state index is 0.227. The van der Waals surface area contributed by atoms with Crippen molar-refractivity contribution in [2.45, 2.75) is 19.0 Å². The third-order valence-electron chi connectivity index (χ3n) is 5.54. The van der Waals surface area contributed by atoms with Crippen LogP contribution in [0.25, 0.3) is 21.3 Å². The molecule has 4 aromatic rings. The molecule has 0 saturated carbocycles. The van der Waals surface area contributed by atoms with Crippen LogP contribution in [0.1, 0.15) is 12.0 Å². The Morgan fingerprint density at radius 1 is 1.07 bits per heavy atom. The maximum absolute atomic E-state index is 13.3. The van der Waals surface area contributed by atoms with Gasteiger partial charge in [0.25, 0.3) is 0 Å². The number of quaternary nitrogens is 1. The number of fused-ring (bicyclic) bond motifs is 1. The van der Waals surface area contributed by atoms with Crippen LogP contribution in [-0.2, 0) is 6.54 Å². The quantitative estimate of drug-likeness (QED) is 0.531. The van der Waals surface area contributed by atoms with Crippen molar-refractivity contribution in [3.63, 3.8) is 0 Å². The van der Waals surface area contributed by atoms with Gasteiger partial charge in [-0.3, -0.25) is 0 Å². The van der Waals surface area contributed by atoms with Gasteiger partial charge in [0.1, 0.15) is 29.3 Å². The highest BCUT2D eigenvalue weighted by atomic mass is 32.1. The predicted molar refractivity (Wildman–Crippen MR) is 116 cm³/mol. The molecule has 5 rings (SSSR count). The Labute approximate surface area is 173 Å².